The van der Waals surface area contributed by atoms with Gasteiger partial charge in [-0.2, -0.15) is 5.26 Å². The Balaban J connectivity index is 2.91. The summed E-state index contributed by atoms with van der Waals surface area (Å²) in [6.07, 6.45) is 0. The minimum atomic E-state index is 0.639. The lowest BCUT2D eigenvalue weighted by molar-refractivity contribution is 0.289. The predicted molar refractivity (Wildman–Crippen MR) is 64.3 cm³/mol. The SMILES string of the molecule is CCN(CC)Cc1ccc(C#N)cc1OC. The van der Waals surface area contributed by atoms with Crippen molar-refractivity contribution in [2.75, 3.05) is 20.2 Å². The lowest BCUT2D eigenvalue weighted by atomic mass is 10.1. The van der Waals surface area contributed by atoms with Gasteiger partial charge in [0.15, 0.2) is 0 Å². The van der Waals surface area contributed by atoms with Crippen LogP contribution in [0, 0.1) is 11.3 Å². The van der Waals surface area contributed by atoms with Crippen LogP contribution in [-0.4, -0.2) is 25.1 Å². The van der Waals surface area contributed by atoms with Gasteiger partial charge in [0.2, 0.25) is 0 Å². The summed E-state index contributed by atoms with van der Waals surface area (Å²) < 4.78 is 5.30. The molecule has 0 heterocycles. The zero-order chi connectivity index (χ0) is 12.0. The standard InChI is InChI=1S/C13H18N2O/c1-4-15(5-2)10-12-7-6-11(9-14)8-13(12)16-3/h6-8H,4-5,10H2,1-3H3. The highest BCUT2D eigenvalue weighted by Gasteiger charge is 2.07. The van der Waals surface area contributed by atoms with Crippen molar-refractivity contribution in [3.63, 3.8) is 0 Å². The van der Waals surface area contributed by atoms with Crippen molar-refractivity contribution >= 4 is 0 Å². The van der Waals surface area contributed by atoms with Crippen molar-refractivity contribution in [1.29, 1.82) is 5.26 Å². The Morgan fingerprint density at radius 2 is 2.00 bits per heavy atom. The Hall–Kier alpha value is -1.53. The van der Waals surface area contributed by atoms with E-state index in [1.165, 1.54) is 0 Å². The average molecular weight is 218 g/mol. The maximum Gasteiger partial charge on any atom is 0.124 e. The van der Waals surface area contributed by atoms with Gasteiger partial charge in [0.05, 0.1) is 18.7 Å². The number of benzene rings is 1. The molecule has 0 radical (unpaired) electrons. The molecular formula is C13H18N2O. The molecule has 1 aromatic carbocycles. The zero-order valence-corrected chi connectivity index (χ0v) is 10.2. The average Bonchev–Trinajstić information content (AvgIpc) is 2.35. The van der Waals surface area contributed by atoms with E-state index < -0.39 is 0 Å². The number of hydrogen-bond donors (Lipinski definition) is 0. The molecule has 1 aromatic rings. The van der Waals surface area contributed by atoms with E-state index in [1.54, 1.807) is 13.2 Å². The van der Waals surface area contributed by atoms with Gasteiger partial charge in [-0.3, -0.25) is 4.90 Å². The fraction of sp³-hybridized carbons (Fsp3) is 0.462. The molecule has 0 bridgehead atoms. The van der Waals surface area contributed by atoms with Crippen LogP contribution >= 0.6 is 0 Å². The van der Waals surface area contributed by atoms with Crippen LogP contribution in [0.3, 0.4) is 0 Å². The number of hydrogen-bond acceptors (Lipinski definition) is 3. The summed E-state index contributed by atoms with van der Waals surface area (Å²) in [5.74, 6) is 0.797. The van der Waals surface area contributed by atoms with Gasteiger partial charge in [-0.05, 0) is 25.2 Å². The smallest absolute Gasteiger partial charge is 0.124 e. The van der Waals surface area contributed by atoms with Gasteiger partial charge >= 0.3 is 0 Å². The van der Waals surface area contributed by atoms with Crippen molar-refractivity contribution in [2.45, 2.75) is 20.4 Å². The third-order valence-corrected chi connectivity index (χ3v) is 2.70. The first-order chi connectivity index (χ1) is 7.74. The molecule has 0 unspecified atom stereocenters. The predicted octanol–water partition coefficient (Wildman–Crippen LogP) is 2.41. The summed E-state index contributed by atoms with van der Waals surface area (Å²) in [4.78, 5) is 2.31. The summed E-state index contributed by atoms with van der Waals surface area (Å²) in [6.45, 7) is 7.17. The summed E-state index contributed by atoms with van der Waals surface area (Å²) in [6, 6.07) is 7.71. The highest BCUT2D eigenvalue weighted by molar-refractivity contribution is 5.42. The molecule has 3 nitrogen and oxygen atoms in total. The molecule has 0 amide bonds. The third kappa shape index (κ3) is 2.98. The second-order valence-corrected chi connectivity index (χ2v) is 3.60. The topological polar surface area (TPSA) is 36.3 Å². The monoisotopic (exact) mass is 218 g/mol. The highest BCUT2D eigenvalue weighted by atomic mass is 16.5. The lowest BCUT2D eigenvalue weighted by Gasteiger charge is -2.19. The molecule has 0 atom stereocenters. The molecule has 0 spiro atoms. The molecule has 1 rings (SSSR count). The van der Waals surface area contributed by atoms with Crippen LogP contribution in [0.5, 0.6) is 5.75 Å². The van der Waals surface area contributed by atoms with Gasteiger partial charge in [0.25, 0.3) is 0 Å². The van der Waals surface area contributed by atoms with Crippen molar-refractivity contribution < 1.29 is 4.74 Å². The van der Waals surface area contributed by atoms with Crippen molar-refractivity contribution in [3.8, 4) is 11.8 Å². The second-order valence-electron chi connectivity index (χ2n) is 3.60. The van der Waals surface area contributed by atoms with E-state index in [4.69, 9.17) is 10.00 Å². The molecule has 86 valence electrons. The zero-order valence-electron chi connectivity index (χ0n) is 10.2. The van der Waals surface area contributed by atoms with Crippen LogP contribution in [0.15, 0.2) is 18.2 Å². The van der Waals surface area contributed by atoms with Gasteiger partial charge in [-0.1, -0.05) is 19.9 Å². The van der Waals surface area contributed by atoms with Crippen LogP contribution in [0.4, 0.5) is 0 Å². The van der Waals surface area contributed by atoms with Crippen LogP contribution in [0.1, 0.15) is 25.0 Å². The molecule has 0 aromatic heterocycles. The lowest BCUT2D eigenvalue weighted by Crippen LogP contribution is -2.22. The van der Waals surface area contributed by atoms with Gasteiger partial charge < -0.3 is 4.74 Å². The molecule has 0 aliphatic heterocycles. The molecule has 0 aliphatic carbocycles. The quantitative estimate of drug-likeness (QED) is 0.761. The van der Waals surface area contributed by atoms with Crippen LogP contribution in [0.25, 0.3) is 0 Å². The fourth-order valence-electron chi connectivity index (χ4n) is 1.63. The minimum Gasteiger partial charge on any atom is -0.496 e. The summed E-state index contributed by atoms with van der Waals surface area (Å²) >= 11 is 0. The van der Waals surface area contributed by atoms with Crippen LogP contribution < -0.4 is 4.74 Å². The van der Waals surface area contributed by atoms with E-state index in [1.807, 2.05) is 12.1 Å². The molecular weight excluding hydrogens is 200 g/mol. The Morgan fingerprint density at radius 1 is 1.31 bits per heavy atom. The molecule has 3 heteroatoms. The molecule has 0 N–H and O–H groups in total. The maximum absolute atomic E-state index is 8.81. The third-order valence-electron chi connectivity index (χ3n) is 2.70. The first-order valence-corrected chi connectivity index (χ1v) is 5.54. The molecule has 0 saturated carbocycles. The minimum absolute atomic E-state index is 0.639. The summed E-state index contributed by atoms with van der Waals surface area (Å²) in [5.41, 5.74) is 1.77. The Bertz CT molecular complexity index is 378. The molecule has 0 aliphatic rings. The number of ether oxygens (including phenoxy) is 1. The highest BCUT2D eigenvalue weighted by Crippen LogP contribution is 2.21. The number of nitriles is 1. The van der Waals surface area contributed by atoms with Crippen molar-refractivity contribution in [2.24, 2.45) is 0 Å². The Morgan fingerprint density at radius 3 is 2.50 bits per heavy atom. The molecule has 16 heavy (non-hydrogen) atoms. The fourth-order valence-corrected chi connectivity index (χ4v) is 1.63. The van der Waals surface area contributed by atoms with Crippen LogP contribution in [-0.2, 0) is 6.54 Å². The van der Waals surface area contributed by atoms with Gasteiger partial charge in [0, 0.05) is 12.1 Å². The van der Waals surface area contributed by atoms with Gasteiger partial charge in [-0.25, -0.2) is 0 Å². The second kappa shape index (κ2) is 6.14. The number of methoxy groups -OCH3 is 1. The molecule has 0 fully saturated rings. The normalized spacial score (nSPS) is 10.2. The Kier molecular flexibility index (Phi) is 4.81. The van der Waals surface area contributed by atoms with E-state index >= 15 is 0 Å². The summed E-state index contributed by atoms with van der Waals surface area (Å²) in [7, 11) is 1.64. The number of nitrogens with zero attached hydrogens (tertiary/aromatic N) is 2. The maximum atomic E-state index is 8.81. The number of rotatable bonds is 5. The first kappa shape index (κ1) is 12.5. The summed E-state index contributed by atoms with van der Waals surface area (Å²) in [5, 5.41) is 8.81. The largest absolute Gasteiger partial charge is 0.496 e. The molecule has 0 saturated heterocycles. The van der Waals surface area contributed by atoms with Crippen molar-refractivity contribution in [1.82, 2.24) is 4.90 Å². The van der Waals surface area contributed by atoms with Gasteiger partial charge in [0.1, 0.15) is 5.75 Å². The van der Waals surface area contributed by atoms with E-state index in [2.05, 4.69) is 24.8 Å². The van der Waals surface area contributed by atoms with E-state index in [-0.39, 0.29) is 0 Å². The Labute approximate surface area is 97.3 Å². The first-order valence-electron chi connectivity index (χ1n) is 5.54. The van der Waals surface area contributed by atoms with Crippen molar-refractivity contribution in [3.05, 3.63) is 29.3 Å². The van der Waals surface area contributed by atoms with E-state index in [0.29, 0.717) is 5.56 Å². The van der Waals surface area contributed by atoms with E-state index in [9.17, 15) is 0 Å². The van der Waals surface area contributed by atoms with Crippen LogP contribution in [0.2, 0.25) is 0 Å². The van der Waals surface area contributed by atoms with Gasteiger partial charge in [-0.15, -0.1) is 0 Å². The van der Waals surface area contributed by atoms with E-state index in [0.717, 1.165) is 30.9 Å².